The minimum absolute atomic E-state index is 0. The maximum atomic E-state index is 9.66. The van der Waals surface area contributed by atoms with Gasteiger partial charge < -0.3 is 25.1 Å². The van der Waals surface area contributed by atoms with Gasteiger partial charge in [0, 0.05) is 23.2 Å². The summed E-state index contributed by atoms with van der Waals surface area (Å²) in [6.07, 6.45) is -0.341. The van der Waals surface area contributed by atoms with Gasteiger partial charge in [-0.15, -0.1) is 0 Å². The molecule has 1 radical (unpaired) electrons. The van der Waals surface area contributed by atoms with Crippen molar-refractivity contribution in [3.05, 3.63) is 66.2 Å². The predicted molar refractivity (Wildman–Crippen MR) is 92.1 cm³/mol. The van der Waals surface area contributed by atoms with Crippen LogP contribution >= 0.6 is 12.2 Å². The normalized spacial score (nSPS) is 8.96. The van der Waals surface area contributed by atoms with E-state index in [1.807, 2.05) is 60.7 Å². The molecule has 0 aliphatic heterocycles. The third-order valence-corrected chi connectivity index (χ3v) is 3.17. The smallest absolute Gasteiger partial charge is 0.550 e. The van der Waals surface area contributed by atoms with Crippen LogP contribution in [0.5, 0.6) is 0 Å². The third-order valence-electron chi connectivity index (χ3n) is 2.83. The fraction of sp³-hybridized carbons (Fsp3) is 0.167. The topological polar surface area (TPSA) is 92.3 Å². The number of thiocarbonyl (C=S) groups is 1. The van der Waals surface area contributed by atoms with Crippen molar-refractivity contribution in [2.75, 3.05) is 5.32 Å². The number of anilines is 1. The first-order valence-electron chi connectivity index (χ1n) is 7.30. The average molecular weight is 407 g/mol. The van der Waals surface area contributed by atoms with E-state index in [2.05, 4.69) is 5.32 Å². The van der Waals surface area contributed by atoms with E-state index in [0.29, 0.717) is 0 Å². The van der Waals surface area contributed by atoms with Crippen LogP contribution in [0.1, 0.15) is 24.8 Å². The Morgan fingerprint density at radius 2 is 1.28 bits per heavy atom. The van der Waals surface area contributed by atoms with Crippen molar-refractivity contribution < 1.29 is 36.9 Å². The maximum absolute atomic E-state index is 9.66. The van der Waals surface area contributed by atoms with E-state index >= 15 is 0 Å². The predicted octanol–water partition coefficient (Wildman–Crippen LogP) is 1.13. The largest absolute Gasteiger partial charge is 2.00 e. The van der Waals surface area contributed by atoms with Gasteiger partial charge in [-0.3, -0.25) is 0 Å². The minimum atomic E-state index is -1.23. The fourth-order valence-corrected chi connectivity index (χ4v) is 1.95. The number of nitrogens with one attached hydrogen (secondary N) is 1. The second-order valence-electron chi connectivity index (χ2n) is 4.78. The van der Waals surface area contributed by atoms with E-state index in [4.69, 9.17) is 12.2 Å². The van der Waals surface area contributed by atoms with Crippen LogP contribution in [0, 0.1) is 0 Å². The van der Waals surface area contributed by atoms with Gasteiger partial charge in [0.2, 0.25) is 0 Å². The number of benzene rings is 2. The van der Waals surface area contributed by atoms with Crippen molar-refractivity contribution in [2.45, 2.75) is 19.3 Å². The molecule has 1 N–H and O–H groups in total. The first kappa shape index (κ1) is 22.8. The third kappa shape index (κ3) is 11.0. The number of carboxylic acids is 2. The Balaban J connectivity index is 0.000000504. The zero-order chi connectivity index (χ0) is 17.8. The van der Waals surface area contributed by atoms with Crippen molar-refractivity contribution >= 4 is 34.8 Å². The number of aliphatic carboxylic acids is 2. The van der Waals surface area contributed by atoms with Gasteiger partial charge in [-0.1, -0.05) is 60.7 Å². The van der Waals surface area contributed by atoms with Crippen molar-refractivity contribution in [1.82, 2.24) is 0 Å². The van der Waals surface area contributed by atoms with Gasteiger partial charge in [0.05, 0.1) is 0 Å². The van der Waals surface area contributed by atoms with E-state index in [-0.39, 0.29) is 36.3 Å². The molecular weight excluding hydrogens is 390 g/mol. The quantitative estimate of drug-likeness (QED) is 0.571. The van der Waals surface area contributed by atoms with Crippen molar-refractivity contribution in [1.29, 1.82) is 0 Å². The van der Waals surface area contributed by atoms with Gasteiger partial charge in [0.25, 0.3) is 0 Å². The summed E-state index contributed by atoms with van der Waals surface area (Å²) >= 11 is 5.29. The molecule has 0 atom stereocenters. The molecule has 2 aromatic carbocycles. The molecule has 0 heterocycles. The monoisotopic (exact) mass is 406 g/mol. The first-order valence-corrected chi connectivity index (χ1v) is 7.71. The number of carbonyl (C=O) groups excluding carboxylic acids is 2. The Hall–Kier alpha value is -2.21. The molecule has 0 saturated heterocycles. The molecular formula is C18H17CuNO4S. The second kappa shape index (κ2) is 13.1. The molecule has 0 aromatic heterocycles. The van der Waals surface area contributed by atoms with Crippen LogP contribution < -0.4 is 15.5 Å². The van der Waals surface area contributed by atoms with Crippen LogP contribution in [0.15, 0.2) is 60.7 Å². The fourth-order valence-electron chi connectivity index (χ4n) is 1.69. The van der Waals surface area contributed by atoms with Crippen LogP contribution in [0.4, 0.5) is 5.69 Å². The van der Waals surface area contributed by atoms with Gasteiger partial charge in [-0.2, -0.15) is 0 Å². The number of para-hydroxylation sites is 1. The molecule has 5 nitrogen and oxygen atoms in total. The molecule has 25 heavy (non-hydrogen) atoms. The molecule has 7 heteroatoms. The molecule has 0 spiro atoms. The number of carboxylic acid groups (broad SMARTS) is 2. The maximum Gasteiger partial charge on any atom is 2.00 e. The Kier molecular flexibility index (Phi) is 12.0. The molecule has 135 valence electrons. The molecule has 0 saturated carbocycles. The van der Waals surface area contributed by atoms with Crippen LogP contribution in [0.2, 0.25) is 0 Å². The van der Waals surface area contributed by atoms with E-state index in [9.17, 15) is 19.8 Å². The molecule has 0 unspecified atom stereocenters. The standard InChI is InChI=1S/C13H11NS.C5H8O4.Cu/c15-13(11-7-3-1-4-8-11)14-12-9-5-2-6-10-12;6-4(7)2-1-3-5(8)9;/h1-10H,(H,14,15);1-3H2,(H,6,7)(H,8,9);/q;;+2/p-2. The van der Waals surface area contributed by atoms with Crippen LogP contribution in [0.25, 0.3) is 0 Å². The summed E-state index contributed by atoms with van der Waals surface area (Å²) in [5, 5.41) is 22.5. The van der Waals surface area contributed by atoms with E-state index in [1.54, 1.807) is 0 Å². The summed E-state index contributed by atoms with van der Waals surface area (Å²) in [6, 6.07) is 19.9. The van der Waals surface area contributed by atoms with Crippen molar-refractivity contribution in [3.63, 3.8) is 0 Å². The molecule has 2 rings (SSSR count). The summed E-state index contributed by atoms with van der Waals surface area (Å²) in [6.45, 7) is 0. The Morgan fingerprint density at radius 3 is 1.72 bits per heavy atom. The molecule has 0 fully saturated rings. The first-order chi connectivity index (χ1) is 11.5. The van der Waals surface area contributed by atoms with Gasteiger partial charge in [-0.25, -0.2) is 0 Å². The van der Waals surface area contributed by atoms with Gasteiger partial charge in [0.1, 0.15) is 4.99 Å². The number of hydrogen-bond acceptors (Lipinski definition) is 5. The number of rotatable bonds is 6. The molecule has 0 amide bonds. The Morgan fingerprint density at radius 1 is 0.840 bits per heavy atom. The Labute approximate surface area is 162 Å². The summed E-state index contributed by atoms with van der Waals surface area (Å²) in [5.74, 6) is -2.45. The molecule has 0 aliphatic carbocycles. The zero-order valence-electron chi connectivity index (χ0n) is 13.2. The molecule has 2 aromatic rings. The molecule has 0 aliphatic rings. The zero-order valence-corrected chi connectivity index (χ0v) is 15.0. The van der Waals surface area contributed by atoms with Gasteiger partial charge >= 0.3 is 17.1 Å². The minimum Gasteiger partial charge on any atom is -0.550 e. The van der Waals surface area contributed by atoms with E-state index in [1.165, 1.54) is 0 Å². The molecule has 0 bridgehead atoms. The van der Waals surface area contributed by atoms with Crippen molar-refractivity contribution in [2.24, 2.45) is 0 Å². The van der Waals surface area contributed by atoms with Gasteiger partial charge in [-0.05, 0) is 31.4 Å². The van der Waals surface area contributed by atoms with Crippen LogP contribution in [-0.2, 0) is 26.7 Å². The summed E-state index contributed by atoms with van der Waals surface area (Å²) in [5.41, 5.74) is 2.06. The second-order valence-corrected chi connectivity index (χ2v) is 5.19. The number of hydrogen-bond donors (Lipinski definition) is 1. The Bertz CT molecular complexity index is 651. The average Bonchev–Trinajstić information content (AvgIpc) is 2.56. The van der Waals surface area contributed by atoms with Gasteiger partial charge in [0.15, 0.2) is 0 Å². The number of carbonyl (C=O) groups is 2. The summed E-state index contributed by atoms with van der Waals surface area (Å²) < 4.78 is 0. The van der Waals surface area contributed by atoms with Crippen molar-refractivity contribution in [3.8, 4) is 0 Å². The van der Waals surface area contributed by atoms with E-state index in [0.717, 1.165) is 16.2 Å². The van der Waals surface area contributed by atoms with Crippen LogP contribution in [0.3, 0.4) is 0 Å². The summed E-state index contributed by atoms with van der Waals surface area (Å²) in [7, 11) is 0. The summed E-state index contributed by atoms with van der Waals surface area (Å²) in [4.78, 5) is 20.1. The SMILES string of the molecule is O=C([O-])CCCC(=O)[O-].S=C(Nc1ccccc1)c1ccccc1.[Cu+2]. The van der Waals surface area contributed by atoms with Crippen LogP contribution in [-0.4, -0.2) is 16.9 Å². The van der Waals surface area contributed by atoms with E-state index < -0.39 is 11.9 Å².